The van der Waals surface area contributed by atoms with Gasteiger partial charge in [0.2, 0.25) is 0 Å². The van der Waals surface area contributed by atoms with Gasteiger partial charge in [0.05, 0.1) is 23.3 Å². The van der Waals surface area contributed by atoms with Gasteiger partial charge in [0.1, 0.15) is 5.82 Å². The first kappa shape index (κ1) is 27.3. The molecule has 42 heavy (non-hydrogen) atoms. The summed E-state index contributed by atoms with van der Waals surface area (Å²) in [4.78, 5) is 68.5. The Morgan fingerprint density at radius 3 is 2.48 bits per heavy atom. The van der Waals surface area contributed by atoms with E-state index in [-0.39, 0.29) is 24.2 Å². The number of urea groups is 1. The molecule has 12 nitrogen and oxygen atoms in total. The molecule has 6 rings (SSSR count). The van der Waals surface area contributed by atoms with E-state index in [9.17, 15) is 24.0 Å². The summed E-state index contributed by atoms with van der Waals surface area (Å²) in [6, 6.07) is 9.77. The minimum absolute atomic E-state index is 0.0626. The van der Waals surface area contributed by atoms with E-state index >= 15 is 4.39 Å². The van der Waals surface area contributed by atoms with E-state index in [4.69, 9.17) is 9.47 Å². The van der Waals surface area contributed by atoms with Crippen LogP contribution in [-0.2, 0) is 30.3 Å². The Hall–Kier alpha value is -4.91. The van der Waals surface area contributed by atoms with Gasteiger partial charge in [-0.1, -0.05) is 24.3 Å². The molecule has 0 spiro atoms. The lowest BCUT2D eigenvalue weighted by molar-refractivity contribution is -0.190. The van der Waals surface area contributed by atoms with Gasteiger partial charge in [-0.05, 0) is 49.7 Å². The fourth-order valence-electron chi connectivity index (χ4n) is 5.63. The molecule has 3 aromatic rings. The van der Waals surface area contributed by atoms with Gasteiger partial charge < -0.3 is 9.47 Å². The zero-order valence-electron chi connectivity index (χ0n) is 22.5. The number of carbonyl (C=O) groups excluding carboxylic acids is 4. The van der Waals surface area contributed by atoms with Crippen molar-refractivity contribution in [1.82, 2.24) is 20.0 Å². The molecule has 1 N–H and O–H groups in total. The number of anilines is 1. The number of likely N-dealkylation sites (tertiary alicyclic amines) is 1. The van der Waals surface area contributed by atoms with Crippen LogP contribution >= 0.6 is 0 Å². The first-order valence-electron chi connectivity index (χ1n) is 13.4. The Kier molecular flexibility index (Phi) is 6.81. The zero-order chi connectivity index (χ0) is 29.6. The molecule has 0 aliphatic carbocycles. The van der Waals surface area contributed by atoms with Gasteiger partial charge in [-0.25, -0.2) is 33.7 Å². The number of fused-ring (bicyclic) bond motifs is 2. The van der Waals surface area contributed by atoms with Gasteiger partial charge in [-0.15, -0.1) is 0 Å². The highest BCUT2D eigenvalue weighted by Gasteiger charge is 2.62. The number of halogens is 1. The average Bonchev–Trinajstić information content (AvgIpc) is 3.54. The largest absolute Gasteiger partial charge is 0.437 e. The number of rotatable bonds is 5. The molecule has 216 valence electrons. The van der Waals surface area contributed by atoms with E-state index < -0.39 is 41.6 Å². The van der Waals surface area contributed by atoms with Gasteiger partial charge in [0.15, 0.2) is 6.23 Å². The number of hydrogen-bond donors (Lipinski definition) is 1. The van der Waals surface area contributed by atoms with Crippen LogP contribution < -0.4 is 10.5 Å². The third-order valence-corrected chi connectivity index (χ3v) is 7.66. The summed E-state index contributed by atoms with van der Waals surface area (Å²) >= 11 is 0. The number of ether oxygens (including phenoxy) is 2. The number of carbonyl (C=O) groups is 4. The zero-order valence-corrected chi connectivity index (χ0v) is 22.5. The number of benzene rings is 2. The molecule has 13 heteroatoms. The Labute approximate surface area is 238 Å². The van der Waals surface area contributed by atoms with Crippen LogP contribution in [0.4, 0.5) is 14.9 Å². The third kappa shape index (κ3) is 4.71. The number of cyclic esters (lactones) is 1. The maximum atomic E-state index is 15.4. The first-order valence-corrected chi connectivity index (χ1v) is 13.4. The molecule has 2 aromatic carbocycles. The highest BCUT2D eigenvalue weighted by molar-refractivity contribution is 6.23. The van der Waals surface area contributed by atoms with Crippen LogP contribution in [0.3, 0.4) is 0 Å². The molecular weight excluding hydrogens is 549 g/mol. The van der Waals surface area contributed by atoms with Crippen molar-refractivity contribution < 1.29 is 33.0 Å². The normalized spacial score (nSPS) is 23.8. The SMILES string of the molecule is CC12OC(=O)/C=C\C(=O)OC(CN3CCCC3)N1C(=O)N(c1cc(Cc3n[nH]c(=O)c4ccccc34)ccc1F)C2=O. The van der Waals surface area contributed by atoms with Gasteiger partial charge in [-0.3, -0.25) is 14.5 Å². The Morgan fingerprint density at radius 1 is 1.00 bits per heavy atom. The maximum absolute atomic E-state index is 15.4. The van der Waals surface area contributed by atoms with Gasteiger partial charge in [0, 0.05) is 30.9 Å². The van der Waals surface area contributed by atoms with Crippen LogP contribution in [0.1, 0.15) is 31.0 Å². The summed E-state index contributed by atoms with van der Waals surface area (Å²) in [7, 11) is 0. The van der Waals surface area contributed by atoms with Crippen LogP contribution in [0.5, 0.6) is 0 Å². The van der Waals surface area contributed by atoms with Crippen LogP contribution in [0, 0.1) is 5.82 Å². The molecule has 2 saturated heterocycles. The van der Waals surface area contributed by atoms with E-state index in [1.54, 1.807) is 24.3 Å². The number of nitrogens with one attached hydrogen (secondary N) is 1. The number of aromatic amines is 1. The Morgan fingerprint density at radius 2 is 1.71 bits per heavy atom. The second kappa shape index (κ2) is 10.5. The molecule has 2 atom stereocenters. The Bertz CT molecular complexity index is 1720. The fourth-order valence-corrected chi connectivity index (χ4v) is 5.63. The molecule has 4 heterocycles. The highest BCUT2D eigenvalue weighted by atomic mass is 19.1. The predicted molar refractivity (Wildman–Crippen MR) is 145 cm³/mol. The topological polar surface area (TPSA) is 142 Å². The molecule has 2 unspecified atom stereocenters. The molecule has 0 bridgehead atoms. The maximum Gasteiger partial charge on any atom is 0.338 e. The lowest BCUT2D eigenvalue weighted by Gasteiger charge is -2.36. The number of aromatic nitrogens is 2. The van der Waals surface area contributed by atoms with Gasteiger partial charge in [-0.2, -0.15) is 5.10 Å². The third-order valence-electron chi connectivity index (χ3n) is 7.66. The van der Waals surface area contributed by atoms with E-state index in [2.05, 4.69) is 10.2 Å². The van der Waals surface area contributed by atoms with E-state index in [0.717, 1.165) is 36.0 Å². The van der Waals surface area contributed by atoms with Crippen molar-refractivity contribution in [3.63, 3.8) is 0 Å². The fraction of sp³-hybridized carbons (Fsp3) is 0.310. The molecule has 0 saturated carbocycles. The summed E-state index contributed by atoms with van der Waals surface area (Å²) in [5.74, 6) is -3.85. The first-order chi connectivity index (χ1) is 20.2. The minimum atomic E-state index is -2.23. The van der Waals surface area contributed by atoms with Crippen molar-refractivity contribution in [2.75, 3.05) is 24.5 Å². The number of nitrogens with zero attached hydrogens (tertiary/aromatic N) is 4. The van der Waals surface area contributed by atoms with E-state index in [1.807, 2.05) is 4.90 Å². The second-order valence-electron chi connectivity index (χ2n) is 10.4. The van der Waals surface area contributed by atoms with Gasteiger partial charge >= 0.3 is 23.9 Å². The van der Waals surface area contributed by atoms with Crippen molar-refractivity contribution in [2.45, 2.75) is 38.1 Å². The standard InChI is InChI=1S/C29H26FN5O7/c1-29-27(39)34(28(40)35(29)23(16-33-12-4-5-13-33)41-24(36)10-11-25(37)42-29)22-15-17(8-9-20(22)30)14-21-18-6-2-3-7-19(18)26(38)32-31-21/h2-3,6-11,15,23H,4-5,12-14,16H2,1H3,(H,32,38)/b11-10-. The minimum Gasteiger partial charge on any atom is -0.437 e. The summed E-state index contributed by atoms with van der Waals surface area (Å²) in [6.07, 6.45) is 2.33. The molecular formula is C29H26FN5O7. The monoisotopic (exact) mass is 575 g/mol. The van der Waals surface area contributed by atoms with E-state index in [1.165, 1.54) is 19.1 Å². The molecule has 3 aliphatic rings. The highest BCUT2D eigenvalue weighted by Crippen LogP contribution is 2.38. The quantitative estimate of drug-likeness (QED) is 0.358. The van der Waals surface area contributed by atoms with Crippen LogP contribution in [0.15, 0.2) is 59.4 Å². The van der Waals surface area contributed by atoms with Crippen molar-refractivity contribution in [1.29, 1.82) is 0 Å². The van der Waals surface area contributed by atoms with Crippen LogP contribution in [-0.4, -0.2) is 75.5 Å². The average molecular weight is 576 g/mol. The summed E-state index contributed by atoms with van der Waals surface area (Å²) < 4.78 is 26.4. The summed E-state index contributed by atoms with van der Waals surface area (Å²) in [6.45, 7) is 2.65. The number of amides is 3. The predicted octanol–water partition coefficient (Wildman–Crippen LogP) is 2.22. The van der Waals surface area contributed by atoms with E-state index in [0.29, 0.717) is 40.0 Å². The van der Waals surface area contributed by atoms with Crippen LogP contribution in [0.25, 0.3) is 10.8 Å². The van der Waals surface area contributed by atoms with Crippen molar-refractivity contribution in [2.24, 2.45) is 0 Å². The lowest BCUT2D eigenvalue weighted by Crippen LogP contribution is -2.58. The number of hydrogen-bond acceptors (Lipinski definition) is 9. The van der Waals surface area contributed by atoms with Crippen molar-refractivity contribution >= 4 is 40.3 Å². The molecule has 2 fully saturated rings. The molecule has 0 radical (unpaired) electrons. The second-order valence-corrected chi connectivity index (χ2v) is 10.4. The molecule has 1 aromatic heterocycles. The summed E-state index contributed by atoms with van der Waals surface area (Å²) in [5.41, 5.74) is -1.98. The smallest absolute Gasteiger partial charge is 0.338 e. The Balaban J connectivity index is 1.39. The van der Waals surface area contributed by atoms with Crippen molar-refractivity contribution in [3.05, 3.63) is 82.0 Å². The molecule has 3 aliphatic heterocycles. The van der Waals surface area contributed by atoms with Gasteiger partial charge in [0.25, 0.3) is 11.3 Å². The lowest BCUT2D eigenvalue weighted by atomic mass is 10.0. The van der Waals surface area contributed by atoms with Crippen molar-refractivity contribution in [3.8, 4) is 0 Å². The number of imide groups is 1. The number of esters is 2. The summed E-state index contributed by atoms with van der Waals surface area (Å²) in [5, 5.41) is 7.63. The number of H-pyrrole nitrogens is 1. The van der Waals surface area contributed by atoms with Crippen LogP contribution in [0.2, 0.25) is 0 Å². The molecule has 3 amide bonds.